The molecule has 0 aliphatic heterocycles. The summed E-state index contributed by atoms with van der Waals surface area (Å²) in [5.41, 5.74) is 4.18. The van der Waals surface area contributed by atoms with Gasteiger partial charge in [0, 0.05) is 12.3 Å². The number of esters is 1. The second-order valence-electron chi connectivity index (χ2n) is 13.8. The number of aliphatic hydroxyl groups is 2. The number of rotatable bonds is 6. The summed E-state index contributed by atoms with van der Waals surface area (Å²) in [5, 5.41) is 23.0. The highest BCUT2D eigenvalue weighted by molar-refractivity contribution is 5.67. The van der Waals surface area contributed by atoms with Crippen molar-refractivity contribution in [3.05, 3.63) is 34.9 Å². The molecule has 0 heterocycles. The van der Waals surface area contributed by atoms with Gasteiger partial charge in [-0.15, -0.1) is 0 Å². The van der Waals surface area contributed by atoms with Crippen LogP contribution >= 0.6 is 0 Å². The van der Waals surface area contributed by atoms with E-state index in [0.717, 1.165) is 50.5 Å². The molecule has 0 spiro atoms. The number of aliphatic hydroxyl groups excluding tert-OH is 2. The van der Waals surface area contributed by atoms with Crippen molar-refractivity contribution in [3.8, 4) is 0 Å². The molecule has 4 aliphatic rings. The van der Waals surface area contributed by atoms with Crippen molar-refractivity contribution in [1.29, 1.82) is 0 Å². The summed E-state index contributed by atoms with van der Waals surface area (Å²) in [6, 6.07) is 0. The monoisotopic (exact) mass is 498 g/mol. The molecular weight excluding hydrogens is 448 g/mol. The van der Waals surface area contributed by atoms with Gasteiger partial charge in [-0.1, -0.05) is 66.7 Å². The lowest BCUT2D eigenvalue weighted by atomic mass is 9.45. The third-order valence-corrected chi connectivity index (χ3v) is 11.2. The molecule has 8 atom stereocenters. The van der Waals surface area contributed by atoms with Crippen LogP contribution in [0, 0.1) is 39.9 Å². The van der Waals surface area contributed by atoms with Crippen LogP contribution in [0.1, 0.15) is 100 Å². The zero-order chi connectivity index (χ0) is 26.8. The Kier molecular flexibility index (Phi) is 7.23. The lowest BCUT2D eigenvalue weighted by molar-refractivity contribution is -0.168. The van der Waals surface area contributed by atoms with Gasteiger partial charge in [-0.2, -0.15) is 0 Å². The van der Waals surface area contributed by atoms with Crippen molar-refractivity contribution in [2.24, 2.45) is 39.9 Å². The van der Waals surface area contributed by atoms with Crippen LogP contribution in [0.2, 0.25) is 0 Å². The maximum absolute atomic E-state index is 12.4. The van der Waals surface area contributed by atoms with Gasteiger partial charge in [0.15, 0.2) is 0 Å². The molecule has 0 bridgehead atoms. The number of hydrogen-bond acceptors (Lipinski definition) is 4. The summed E-state index contributed by atoms with van der Waals surface area (Å²) in [6.45, 7) is 21.4. The van der Waals surface area contributed by atoms with E-state index >= 15 is 0 Å². The van der Waals surface area contributed by atoms with E-state index in [1.807, 2.05) is 0 Å². The second-order valence-corrected chi connectivity index (χ2v) is 13.8. The Bertz CT molecular complexity index is 971. The molecule has 0 aromatic carbocycles. The highest BCUT2D eigenvalue weighted by atomic mass is 16.6. The van der Waals surface area contributed by atoms with Crippen molar-refractivity contribution in [3.63, 3.8) is 0 Å². The SMILES string of the molecule is C=C(CCC(C)C1CC=C2C3=C(C(O)C(OC(C)=O)C21C)C1(C)CCC(O)C(C)(C)C1CC3)C(C)C. The maximum Gasteiger partial charge on any atom is 0.303 e. The molecule has 0 radical (unpaired) electrons. The topological polar surface area (TPSA) is 66.8 Å². The van der Waals surface area contributed by atoms with Crippen LogP contribution < -0.4 is 0 Å². The van der Waals surface area contributed by atoms with Gasteiger partial charge in [-0.05, 0) is 96.2 Å². The average Bonchev–Trinajstić information content (AvgIpc) is 3.15. The molecular formula is C32H50O4. The van der Waals surface area contributed by atoms with E-state index in [9.17, 15) is 15.0 Å². The van der Waals surface area contributed by atoms with Crippen LogP contribution in [0.15, 0.2) is 34.9 Å². The van der Waals surface area contributed by atoms with Crippen molar-refractivity contribution >= 4 is 5.97 Å². The summed E-state index contributed by atoms with van der Waals surface area (Å²) >= 11 is 0. The lowest BCUT2D eigenvalue weighted by Crippen LogP contribution is -2.60. The second kappa shape index (κ2) is 9.42. The number of fused-ring (bicyclic) bond motifs is 4. The van der Waals surface area contributed by atoms with Crippen molar-refractivity contribution in [2.75, 3.05) is 0 Å². The number of carbonyl (C=O) groups is 1. The normalized spacial score (nSPS) is 40.2. The molecule has 1 saturated carbocycles. The fourth-order valence-corrected chi connectivity index (χ4v) is 8.91. The van der Waals surface area contributed by atoms with E-state index in [1.54, 1.807) is 0 Å². The van der Waals surface area contributed by atoms with E-state index in [4.69, 9.17) is 4.74 Å². The zero-order valence-corrected chi connectivity index (χ0v) is 24.0. The first-order valence-corrected chi connectivity index (χ1v) is 14.3. The largest absolute Gasteiger partial charge is 0.458 e. The molecule has 4 rings (SSSR count). The first-order valence-electron chi connectivity index (χ1n) is 14.3. The number of carbonyl (C=O) groups excluding carboxylic acids is 1. The predicted molar refractivity (Wildman–Crippen MR) is 145 cm³/mol. The van der Waals surface area contributed by atoms with Crippen LogP contribution in [0.5, 0.6) is 0 Å². The summed E-state index contributed by atoms with van der Waals surface area (Å²) in [5.74, 6) is 1.16. The Morgan fingerprint density at radius 2 is 1.83 bits per heavy atom. The molecule has 1 fully saturated rings. The molecule has 0 amide bonds. The molecule has 0 saturated heterocycles. The van der Waals surface area contributed by atoms with E-state index in [1.165, 1.54) is 23.6 Å². The Morgan fingerprint density at radius 3 is 2.44 bits per heavy atom. The average molecular weight is 499 g/mol. The molecule has 8 unspecified atom stereocenters. The Morgan fingerprint density at radius 1 is 1.17 bits per heavy atom. The van der Waals surface area contributed by atoms with Crippen molar-refractivity contribution < 1.29 is 19.7 Å². The van der Waals surface area contributed by atoms with Gasteiger partial charge in [0.2, 0.25) is 0 Å². The fourth-order valence-electron chi connectivity index (χ4n) is 8.91. The van der Waals surface area contributed by atoms with Crippen molar-refractivity contribution in [1.82, 2.24) is 0 Å². The van der Waals surface area contributed by atoms with Gasteiger partial charge < -0.3 is 14.9 Å². The highest BCUT2D eigenvalue weighted by Gasteiger charge is 2.63. The maximum atomic E-state index is 12.4. The van der Waals surface area contributed by atoms with E-state index in [-0.39, 0.29) is 28.8 Å². The van der Waals surface area contributed by atoms with E-state index < -0.39 is 17.6 Å². The van der Waals surface area contributed by atoms with Gasteiger partial charge in [-0.25, -0.2) is 0 Å². The minimum atomic E-state index is -0.816. The number of ether oxygens (including phenoxy) is 1. The molecule has 4 nitrogen and oxygen atoms in total. The molecule has 4 aliphatic carbocycles. The highest BCUT2D eigenvalue weighted by Crippen LogP contribution is 2.67. The van der Waals surface area contributed by atoms with E-state index in [2.05, 4.69) is 61.1 Å². The predicted octanol–water partition coefficient (Wildman–Crippen LogP) is 6.77. The molecule has 2 N–H and O–H groups in total. The Balaban J connectivity index is 1.76. The standard InChI is InChI=1S/C32H50O4/c1-18(2)19(3)10-11-20(4)23-13-14-24-22-12-15-25-30(6,7)26(34)16-17-31(25,8)27(22)28(35)29(32(23,24)9)36-21(5)33/h14,18,20,23,25-26,28-29,34-35H,3,10-13,15-17H2,1-2,4-9H3. The number of allylic oxidation sites excluding steroid dienone is 3. The smallest absolute Gasteiger partial charge is 0.303 e. The first-order chi connectivity index (χ1) is 16.7. The van der Waals surface area contributed by atoms with Crippen molar-refractivity contribution in [2.45, 2.75) is 119 Å². The summed E-state index contributed by atoms with van der Waals surface area (Å²) in [7, 11) is 0. The van der Waals surface area contributed by atoms with Crippen LogP contribution in [0.25, 0.3) is 0 Å². The molecule has 202 valence electrons. The van der Waals surface area contributed by atoms with Gasteiger partial charge in [-0.3, -0.25) is 4.79 Å². The summed E-state index contributed by atoms with van der Waals surface area (Å²) in [6.07, 6.45) is 7.21. The Hall–Kier alpha value is -1.39. The lowest BCUT2D eigenvalue weighted by Gasteiger charge is -2.61. The molecule has 0 aromatic rings. The quantitative estimate of drug-likeness (QED) is 0.313. The third-order valence-electron chi connectivity index (χ3n) is 11.2. The van der Waals surface area contributed by atoms with Crippen LogP contribution in [0.4, 0.5) is 0 Å². The number of hydrogen-bond donors (Lipinski definition) is 2. The zero-order valence-electron chi connectivity index (χ0n) is 24.0. The Labute approximate surface area is 219 Å². The molecule has 4 heteroatoms. The molecule has 0 aromatic heterocycles. The minimum Gasteiger partial charge on any atom is -0.458 e. The fraction of sp³-hybridized carbons (Fsp3) is 0.781. The van der Waals surface area contributed by atoms with E-state index in [0.29, 0.717) is 17.8 Å². The van der Waals surface area contributed by atoms with Crippen LogP contribution in [-0.2, 0) is 9.53 Å². The third kappa shape index (κ3) is 4.06. The van der Waals surface area contributed by atoms with Gasteiger partial charge in [0.05, 0.1) is 6.10 Å². The van der Waals surface area contributed by atoms with Crippen LogP contribution in [-0.4, -0.2) is 34.5 Å². The van der Waals surface area contributed by atoms with Gasteiger partial charge in [0.25, 0.3) is 0 Å². The molecule has 36 heavy (non-hydrogen) atoms. The van der Waals surface area contributed by atoms with Gasteiger partial charge in [0.1, 0.15) is 12.2 Å². The minimum absolute atomic E-state index is 0.213. The summed E-state index contributed by atoms with van der Waals surface area (Å²) < 4.78 is 6.08. The van der Waals surface area contributed by atoms with Crippen LogP contribution in [0.3, 0.4) is 0 Å². The van der Waals surface area contributed by atoms with Gasteiger partial charge >= 0.3 is 5.97 Å². The summed E-state index contributed by atoms with van der Waals surface area (Å²) in [4.78, 5) is 12.4. The first kappa shape index (κ1) is 27.6.